The predicted molar refractivity (Wildman–Crippen MR) is 131 cm³/mol. The Morgan fingerprint density at radius 2 is 1.48 bits per heavy atom. The molecule has 2 amide bonds. The summed E-state index contributed by atoms with van der Waals surface area (Å²) in [6.45, 7) is -0.866. The molecule has 0 bridgehead atoms. The van der Waals surface area contributed by atoms with E-state index in [9.17, 15) is 44.7 Å². The molecule has 2 aromatic carbocycles. The second-order valence-electron chi connectivity index (χ2n) is 8.61. The highest BCUT2D eigenvalue weighted by Gasteiger charge is 2.42. The molecule has 2 atom stereocenters. The Bertz CT molecular complexity index is 1310. The molecular formula is C24H18Cl3F9N2O2. The van der Waals surface area contributed by atoms with Gasteiger partial charge in [-0.3, -0.25) is 9.59 Å². The number of primary amides is 1. The summed E-state index contributed by atoms with van der Waals surface area (Å²) in [5, 5.41) is 0.560. The number of hydrogen-bond donors (Lipinski definition) is 2. The molecule has 1 unspecified atom stereocenters. The second-order valence-corrected chi connectivity index (χ2v) is 9.81. The van der Waals surface area contributed by atoms with E-state index in [-0.39, 0.29) is 21.1 Å². The zero-order chi connectivity index (χ0) is 31.0. The van der Waals surface area contributed by atoms with Crippen LogP contribution in [0.1, 0.15) is 58.3 Å². The van der Waals surface area contributed by atoms with Crippen LogP contribution >= 0.6 is 34.8 Å². The van der Waals surface area contributed by atoms with Crippen LogP contribution in [0.2, 0.25) is 15.1 Å². The van der Waals surface area contributed by atoms with E-state index < -0.39 is 82.1 Å². The Kier molecular flexibility index (Phi) is 10.1. The first kappa shape index (κ1) is 33.6. The maximum absolute atomic E-state index is 15.7. The van der Waals surface area contributed by atoms with Crippen molar-refractivity contribution in [3.8, 4) is 0 Å². The molecule has 0 saturated carbocycles. The number of benzene rings is 2. The summed E-state index contributed by atoms with van der Waals surface area (Å²) in [5.74, 6) is -13.2. The van der Waals surface area contributed by atoms with E-state index in [1.165, 1.54) is 5.32 Å². The van der Waals surface area contributed by atoms with E-state index in [1.807, 2.05) is 0 Å². The average molecular weight is 644 g/mol. The molecule has 0 saturated heterocycles. The van der Waals surface area contributed by atoms with Crippen molar-refractivity contribution >= 4 is 52.4 Å². The molecule has 220 valence electrons. The van der Waals surface area contributed by atoms with Crippen molar-refractivity contribution in [2.75, 3.05) is 6.54 Å². The van der Waals surface area contributed by atoms with Crippen molar-refractivity contribution in [2.24, 2.45) is 5.73 Å². The van der Waals surface area contributed by atoms with Gasteiger partial charge in [0, 0.05) is 12.5 Å². The van der Waals surface area contributed by atoms with E-state index in [2.05, 4.69) is 0 Å². The molecule has 0 aliphatic rings. The van der Waals surface area contributed by atoms with E-state index >= 15 is 4.39 Å². The number of hydrogen-bond acceptors (Lipinski definition) is 2. The number of halogens is 12. The first-order valence-electron chi connectivity index (χ1n) is 10.8. The van der Waals surface area contributed by atoms with Crippen LogP contribution < -0.4 is 11.1 Å². The van der Waals surface area contributed by atoms with Gasteiger partial charge in [-0.1, -0.05) is 40.9 Å². The van der Waals surface area contributed by atoms with Crippen LogP contribution in [-0.4, -0.2) is 30.5 Å². The van der Waals surface area contributed by atoms with E-state index in [4.69, 9.17) is 40.5 Å². The van der Waals surface area contributed by atoms with E-state index in [0.29, 0.717) is 26.0 Å². The Hall–Kier alpha value is -2.64. The molecule has 2 rings (SSSR count). The second kappa shape index (κ2) is 12.1. The molecule has 0 heterocycles. The van der Waals surface area contributed by atoms with Gasteiger partial charge in [0.15, 0.2) is 0 Å². The first-order chi connectivity index (χ1) is 18.1. The summed E-state index contributed by atoms with van der Waals surface area (Å²) < 4.78 is 125. The van der Waals surface area contributed by atoms with Crippen LogP contribution in [-0.2, 0) is 11.0 Å². The van der Waals surface area contributed by atoms with Crippen LogP contribution in [0.15, 0.2) is 30.3 Å². The number of allylic oxidation sites excluding steroid dienone is 1. The quantitative estimate of drug-likeness (QED) is 0.225. The zero-order valence-electron chi connectivity index (χ0n) is 20.2. The van der Waals surface area contributed by atoms with Gasteiger partial charge in [-0.25, -0.2) is 13.2 Å². The van der Waals surface area contributed by atoms with Gasteiger partial charge in [0.1, 0.15) is 12.4 Å². The van der Waals surface area contributed by atoms with Crippen molar-refractivity contribution in [1.82, 2.24) is 5.32 Å². The van der Waals surface area contributed by atoms with Gasteiger partial charge in [-0.2, -0.15) is 26.3 Å². The molecule has 2 aromatic rings. The fraction of sp³-hybridized carbons (Fsp3) is 0.333. The fourth-order valence-electron chi connectivity index (χ4n) is 3.79. The van der Waals surface area contributed by atoms with E-state index in [1.54, 1.807) is 0 Å². The number of alkyl halides is 8. The number of nitrogens with one attached hydrogen (secondary N) is 1. The number of amides is 2. The van der Waals surface area contributed by atoms with Gasteiger partial charge >= 0.3 is 12.4 Å². The molecule has 0 aromatic heterocycles. The van der Waals surface area contributed by atoms with Gasteiger partial charge < -0.3 is 11.1 Å². The molecule has 0 spiro atoms. The average Bonchev–Trinajstić information content (AvgIpc) is 2.80. The summed E-state index contributed by atoms with van der Waals surface area (Å²) in [7, 11) is 0. The first-order valence-corrected chi connectivity index (χ1v) is 12.0. The Morgan fingerprint density at radius 1 is 0.975 bits per heavy atom. The maximum atomic E-state index is 15.7. The highest BCUT2D eigenvalue weighted by molar-refractivity contribution is 6.48. The maximum Gasteiger partial charge on any atom is 0.417 e. The Morgan fingerprint density at radius 3 is 1.90 bits per heavy atom. The number of nitrogens with two attached hydrogens (primary N) is 1. The minimum absolute atomic E-state index is 0.215. The molecule has 16 heteroatoms. The van der Waals surface area contributed by atoms with Crippen molar-refractivity contribution in [3.63, 3.8) is 0 Å². The van der Waals surface area contributed by atoms with Crippen LogP contribution in [0.3, 0.4) is 0 Å². The molecule has 0 aliphatic carbocycles. The summed E-state index contributed by atoms with van der Waals surface area (Å²) in [5.41, 5.74) is -0.941. The Balaban J connectivity index is 2.87. The summed E-state index contributed by atoms with van der Waals surface area (Å²) in [6.07, 6.45) is -10.2. The lowest BCUT2D eigenvalue weighted by Gasteiger charge is -2.25. The molecule has 0 radical (unpaired) electrons. The lowest BCUT2D eigenvalue weighted by atomic mass is 9.84. The van der Waals surface area contributed by atoms with Gasteiger partial charge in [-0.15, -0.1) is 0 Å². The third-order valence-electron chi connectivity index (χ3n) is 5.57. The van der Waals surface area contributed by atoms with Crippen molar-refractivity contribution in [3.05, 3.63) is 73.2 Å². The third-order valence-corrected chi connectivity index (χ3v) is 6.76. The topological polar surface area (TPSA) is 72.2 Å². The monoisotopic (exact) mass is 642 g/mol. The van der Waals surface area contributed by atoms with Gasteiger partial charge in [0.2, 0.25) is 11.8 Å². The van der Waals surface area contributed by atoms with Crippen LogP contribution in [0.25, 0.3) is 5.83 Å². The number of rotatable bonds is 8. The SMILES string of the molecule is C[C@@H](C(=O)NCC(F)(F)F)c1c(/C(F)=C/C(c2cc(Cl)c(Cl)c(Cl)c2)C(C)(F)F)ccc(C(N)=O)c1C(F)(F)F. The summed E-state index contributed by atoms with van der Waals surface area (Å²) >= 11 is 17.6. The van der Waals surface area contributed by atoms with Gasteiger partial charge in [0.25, 0.3) is 5.92 Å². The lowest BCUT2D eigenvalue weighted by molar-refractivity contribution is -0.141. The van der Waals surface area contributed by atoms with Crippen molar-refractivity contribution in [1.29, 1.82) is 0 Å². The number of carbonyl (C=O) groups excluding carboxylic acids is 2. The largest absolute Gasteiger partial charge is 0.417 e. The minimum atomic E-state index is -5.49. The zero-order valence-corrected chi connectivity index (χ0v) is 22.4. The highest BCUT2D eigenvalue weighted by atomic mass is 35.5. The van der Waals surface area contributed by atoms with Crippen molar-refractivity contribution < 1.29 is 49.1 Å². The van der Waals surface area contributed by atoms with E-state index in [0.717, 1.165) is 12.1 Å². The molecule has 0 fully saturated rings. The predicted octanol–water partition coefficient (Wildman–Crippen LogP) is 8.30. The minimum Gasteiger partial charge on any atom is -0.366 e. The summed E-state index contributed by atoms with van der Waals surface area (Å²) in [4.78, 5) is 24.2. The van der Waals surface area contributed by atoms with Gasteiger partial charge in [0.05, 0.1) is 38.0 Å². The standard InChI is InChI=1S/C24H18Cl3F9N2O2/c1-9(21(40)38-8-23(31,32)33)17-11(3-4-12(20(37)39)18(17)24(34,35)36)16(28)7-13(22(2,29)30)10-5-14(25)19(27)15(26)6-10/h3-7,9,13H,8H2,1-2H3,(H2,37,39)(H,38,40)/b16-7-/t9-,13?/m1/s1. The van der Waals surface area contributed by atoms with Crippen LogP contribution in [0.4, 0.5) is 39.5 Å². The molecule has 4 nitrogen and oxygen atoms in total. The van der Waals surface area contributed by atoms with Gasteiger partial charge in [-0.05, 0) is 42.3 Å². The number of carbonyl (C=O) groups is 2. The summed E-state index contributed by atoms with van der Waals surface area (Å²) in [6, 6.07) is 2.86. The highest BCUT2D eigenvalue weighted by Crippen LogP contribution is 2.45. The Labute approximate surface area is 236 Å². The fourth-order valence-corrected chi connectivity index (χ4v) is 4.40. The lowest BCUT2D eigenvalue weighted by Crippen LogP contribution is -2.37. The molecule has 0 aliphatic heterocycles. The molecular weight excluding hydrogens is 626 g/mol. The van der Waals surface area contributed by atoms with Crippen molar-refractivity contribution in [2.45, 2.75) is 44.0 Å². The smallest absolute Gasteiger partial charge is 0.366 e. The molecule has 40 heavy (non-hydrogen) atoms. The van der Waals surface area contributed by atoms with Crippen LogP contribution in [0.5, 0.6) is 0 Å². The normalized spacial score (nSPS) is 14.6. The molecule has 3 N–H and O–H groups in total. The van der Waals surface area contributed by atoms with Crippen LogP contribution in [0, 0.1) is 0 Å². The third kappa shape index (κ3) is 7.97.